The lowest BCUT2D eigenvalue weighted by Gasteiger charge is -2.37. The summed E-state index contributed by atoms with van der Waals surface area (Å²) in [5, 5.41) is 2.92. The van der Waals surface area contributed by atoms with Crippen molar-refractivity contribution < 1.29 is 60.0 Å². The molecule has 3 heterocycles. The summed E-state index contributed by atoms with van der Waals surface area (Å²) in [6.07, 6.45) is -8.60. The first-order chi connectivity index (χ1) is 19.2. The minimum Gasteiger partial charge on any atom is -0.492 e. The Morgan fingerprint density at radius 3 is 2.41 bits per heavy atom. The number of fused-ring (bicyclic) bond motifs is 3. The van der Waals surface area contributed by atoms with Crippen molar-refractivity contribution in [1.29, 1.82) is 0 Å². The monoisotopic (exact) mass is 585 g/mol. The molecule has 0 bridgehead atoms. The molecule has 6 rings (SSSR count). The molecule has 0 saturated heterocycles. The summed E-state index contributed by atoms with van der Waals surface area (Å²) in [5.74, 6) is -1.86. The average Bonchev–Trinajstić information content (AvgIpc) is 3.55. The molecule has 0 radical (unpaired) electrons. The van der Waals surface area contributed by atoms with Crippen LogP contribution in [0.2, 0.25) is 0 Å². The van der Waals surface area contributed by atoms with E-state index in [4.69, 9.17) is 14.2 Å². The second-order valence-electron chi connectivity index (χ2n) is 10.6. The molecule has 1 aliphatic carbocycles. The third-order valence-electron chi connectivity index (χ3n) is 7.82. The van der Waals surface area contributed by atoms with Gasteiger partial charge in [0.05, 0.1) is 12.6 Å². The van der Waals surface area contributed by atoms with E-state index in [1.54, 1.807) is 13.8 Å². The fourth-order valence-electron chi connectivity index (χ4n) is 5.52. The average molecular weight is 585 g/mol. The van der Waals surface area contributed by atoms with E-state index in [1.165, 1.54) is 18.2 Å². The molecule has 4 aliphatic rings. The van der Waals surface area contributed by atoms with Crippen LogP contribution in [0.1, 0.15) is 50.3 Å². The Kier molecular flexibility index (Phi) is 5.98. The third-order valence-corrected chi connectivity index (χ3v) is 7.82. The minimum absolute atomic E-state index is 0.0164. The largest absolute Gasteiger partial charge is 0.586 e. The van der Waals surface area contributed by atoms with E-state index in [2.05, 4.69) is 19.5 Å². The van der Waals surface area contributed by atoms with Gasteiger partial charge in [-0.3, -0.25) is 9.59 Å². The smallest absolute Gasteiger partial charge is 0.492 e. The van der Waals surface area contributed by atoms with E-state index >= 15 is 0 Å². The van der Waals surface area contributed by atoms with Gasteiger partial charge in [-0.2, -0.15) is 0 Å². The molecule has 0 unspecified atom stereocenters. The van der Waals surface area contributed by atoms with Gasteiger partial charge in [-0.15, -0.1) is 22.0 Å². The van der Waals surface area contributed by atoms with Crippen molar-refractivity contribution in [2.24, 2.45) is 5.41 Å². The lowest BCUT2D eigenvalue weighted by atomic mass is 9.82. The van der Waals surface area contributed by atoms with Crippen LogP contribution >= 0.6 is 0 Å². The van der Waals surface area contributed by atoms with Crippen LogP contribution in [0.5, 0.6) is 28.7 Å². The van der Waals surface area contributed by atoms with E-state index in [0.717, 1.165) is 12.1 Å². The number of amides is 1. The van der Waals surface area contributed by atoms with Crippen molar-refractivity contribution in [2.75, 3.05) is 13.2 Å². The summed E-state index contributed by atoms with van der Waals surface area (Å²) in [4.78, 5) is 26.6. The lowest BCUT2D eigenvalue weighted by molar-refractivity contribution is -0.286. The molecule has 1 saturated carbocycles. The van der Waals surface area contributed by atoms with Gasteiger partial charge in [-0.05, 0) is 44.9 Å². The number of hydrogen-bond donors (Lipinski definition) is 1. The molecule has 1 amide bonds. The van der Waals surface area contributed by atoms with Gasteiger partial charge in [-0.25, -0.2) is 0 Å². The van der Waals surface area contributed by atoms with Crippen LogP contribution < -0.4 is 29.0 Å². The van der Waals surface area contributed by atoms with Crippen molar-refractivity contribution in [3.63, 3.8) is 0 Å². The predicted molar refractivity (Wildman–Crippen MR) is 127 cm³/mol. The quantitative estimate of drug-likeness (QED) is 0.377. The summed E-state index contributed by atoms with van der Waals surface area (Å²) in [7, 11) is 0. The number of benzene rings is 2. The SMILES string of the molecule is CCOC(=O)C1([C@@H]2C[C@H](NC(=O)[C@@]3(C)COc4cc5c(cc43)OC(F)(F)O5)c3ccc(OC(F)(F)F)cc3O2)CC1. The first-order valence-corrected chi connectivity index (χ1v) is 12.8. The maximum absolute atomic E-state index is 13.8. The lowest BCUT2D eigenvalue weighted by Crippen LogP contribution is -2.48. The number of esters is 1. The van der Waals surface area contributed by atoms with Crippen molar-refractivity contribution >= 4 is 11.9 Å². The van der Waals surface area contributed by atoms with Gasteiger partial charge in [0.1, 0.15) is 40.8 Å². The zero-order valence-corrected chi connectivity index (χ0v) is 21.7. The normalized spacial score (nSPS) is 26.1. The van der Waals surface area contributed by atoms with E-state index in [0.29, 0.717) is 18.4 Å². The van der Waals surface area contributed by atoms with Crippen LogP contribution in [-0.4, -0.2) is 43.9 Å². The number of carbonyl (C=O) groups is 2. The van der Waals surface area contributed by atoms with Gasteiger partial charge in [0.15, 0.2) is 11.5 Å². The van der Waals surface area contributed by atoms with Crippen molar-refractivity contribution in [2.45, 2.75) is 63.3 Å². The van der Waals surface area contributed by atoms with Crippen LogP contribution in [0.4, 0.5) is 22.0 Å². The fraction of sp³-hybridized carbons (Fsp3) is 0.481. The Labute approximate surface area is 229 Å². The number of nitrogens with one attached hydrogen (secondary N) is 1. The Hall–Kier alpha value is -3.97. The van der Waals surface area contributed by atoms with Gasteiger partial charge >= 0.3 is 18.6 Å². The Balaban J connectivity index is 1.31. The van der Waals surface area contributed by atoms with Crippen LogP contribution in [0.15, 0.2) is 30.3 Å². The van der Waals surface area contributed by atoms with Gasteiger partial charge in [0, 0.05) is 29.7 Å². The molecule has 2 aromatic rings. The minimum atomic E-state index is -4.94. The first-order valence-electron chi connectivity index (χ1n) is 12.8. The second kappa shape index (κ2) is 9.02. The number of carbonyl (C=O) groups excluding carboxylic acids is 2. The topological polar surface area (TPSA) is 102 Å². The number of rotatable bonds is 6. The standard InChI is InChI=1S/C27H24F5NO8/c1-3-36-23(35)25(6-7-25)21-10-16(14-5-4-13(8-17(14)38-21)39-26(28,29)30)33-22(34)24(2)12-37-18-11-20-19(9-15(18)24)40-27(31,32)41-20/h4-5,8-9,11,16,21H,3,6-7,10,12H2,1-2H3,(H,33,34)/t16-,21-,24-/m0/s1. The van der Waals surface area contributed by atoms with Gasteiger partial charge in [0.2, 0.25) is 5.91 Å². The van der Waals surface area contributed by atoms with E-state index in [1.807, 2.05) is 0 Å². The molecule has 0 aromatic heterocycles. The van der Waals surface area contributed by atoms with Gasteiger partial charge in [0.25, 0.3) is 0 Å². The maximum atomic E-state index is 13.8. The molecular weight excluding hydrogens is 561 g/mol. The molecule has 1 fully saturated rings. The van der Waals surface area contributed by atoms with Gasteiger partial charge in [-0.1, -0.05) is 0 Å². The summed E-state index contributed by atoms with van der Waals surface area (Å²) in [5.41, 5.74) is -1.69. The van der Waals surface area contributed by atoms with Crippen LogP contribution in [-0.2, 0) is 19.7 Å². The highest BCUT2D eigenvalue weighted by Crippen LogP contribution is 2.56. The zero-order valence-electron chi connectivity index (χ0n) is 21.7. The van der Waals surface area contributed by atoms with Crippen LogP contribution in [0.3, 0.4) is 0 Å². The Bertz CT molecular complexity index is 1430. The fourth-order valence-corrected chi connectivity index (χ4v) is 5.52. The molecule has 1 N–H and O–H groups in total. The number of halogens is 5. The summed E-state index contributed by atoms with van der Waals surface area (Å²) >= 11 is 0. The number of alkyl halides is 5. The Morgan fingerprint density at radius 2 is 1.76 bits per heavy atom. The molecule has 3 atom stereocenters. The highest BCUT2D eigenvalue weighted by atomic mass is 19.4. The maximum Gasteiger partial charge on any atom is 0.586 e. The van der Waals surface area contributed by atoms with Crippen molar-refractivity contribution in [3.05, 3.63) is 41.5 Å². The molecule has 9 nitrogen and oxygen atoms in total. The molecular formula is C27H24F5NO8. The summed E-state index contributed by atoms with van der Waals surface area (Å²) in [6, 6.07) is 5.21. The number of ether oxygens (including phenoxy) is 6. The van der Waals surface area contributed by atoms with E-state index in [-0.39, 0.29) is 48.2 Å². The predicted octanol–water partition coefficient (Wildman–Crippen LogP) is 4.91. The Morgan fingerprint density at radius 1 is 1.05 bits per heavy atom. The second-order valence-corrected chi connectivity index (χ2v) is 10.6. The highest BCUT2D eigenvalue weighted by Gasteiger charge is 2.60. The first kappa shape index (κ1) is 27.2. The molecule has 2 aromatic carbocycles. The van der Waals surface area contributed by atoms with Crippen LogP contribution in [0, 0.1) is 5.41 Å². The van der Waals surface area contributed by atoms with Crippen molar-refractivity contribution in [1.82, 2.24) is 5.32 Å². The van der Waals surface area contributed by atoms with Gasteiger partial charge < -0.3 is 33.7 Å². The molecule has 14 heteroatoms. The molecule has 0 spiro atoms. The highest BCUT2D eigenvalue weighted by molar-refractivity contribution is 5.90. The zero-order chi connectivity index (χ0) is 29.4. The van der Waals surface area contributed by atoms with E-state index in [9.17, 15) is 31.5 Å². The molecule has 41 heavy (non-hydrogen) atoms. The van der Waals surface area contributed by atoms with Crippen LogP contribution in [0.25, 0.3) is 0 Å². The third kappa shape index (κ3) is 4.72. The summed E-state index contributed by atoms with van der Waals surface area (Å²) in [6.45, 7) is 3.23. The van der Waals surface area contributed by atoms with E-state index < -0.39 is 53.3 Å². The molecule has 3 aliphatic heterocycles. The summed E-state index contributed by atoms with van der Waals surface area (Å²) < 4.78 is 95.9. The van der Waals surface area contributed by atoms with Crippen molar-refractivity contribution in [3.8, 4) is 28.7 Å². The number of hydrogen-bond acceptors (Lipinski definition) is 8. The molecule has 220 valence electrons.